The molecule has 0 bridgehead atoms. The minimum absolute atomic E-state index is 0.611. The van der Waals surface area contributed by atoms with Crippen LogP contribution in [0.2, 0.25) is 0 Å². The lowest BCUT2D eigenvalue weighted by molar-refractivity contribution is 0.871. The number of fused-ring (bicyclic) bond motifs is 1. The number of anilines is 1. The van der Waals surface area contributed by atoms with Gasteiger partial charge in [0.05, 0.1) is 5.01 Å². The first-order valence-electron chi connectivity index (χ1n) is 4.71. The zero-order valence-corrected chi connectivity index (χ0v) is 9.58. The maximum absolute atomic E-state index is 5.52. The van der Waals surface area contributed by atoms with Gasteiger partial charge in [0.1, 0.15) is 11.0 Å². The number of rotatable bonds is 3. The molecule has 2 rings (SSSR count). The summed E-state index contributed by atoms with van der Waals surface area (Å²) < 4.78 is 1.03. The zero-order chi connectivity index (χ0) is 10.8. The normalized spacial score (nSPS) is 10.9. The van der Waals surface area contributed by atoms with Crippen molar-refractivity contribution < 1.29 is 0 Å². The highest BCUT2D eigenvalue weighted by molar-refractivity contribution is 7.19. The fraction of sp³-hybridized carbons (Fsp3) is 0.444. The number of likely N-dealkylation sites (N-methyl/N-ethyl adjacent to an activating group) is 1. The largest absolute Gasteiger partial charge is 0.357 e. The molecule has 0 aliphatic carbocycles. The molecule has 2 N–H and O–H groups in total. The van der Waals surface area contributed by atoms with Crippen molar-refractivity contribution in [2.24, 2.45) is 5.73 Å². The summed E-state index contributed by atoms with van der Waals surface area (Å²) in [6.45, 7) is 3.36. The second-order valence-electron chi connectivity index (χ2n) is 3.29. The van der Waals surface area contributed by atoms with Crippen LogP contribution in [0.4, 0.5) is 5.82 Å². The van der Waals surface area contributed by atoms with Crippen LogP contribution in [-0.4, -0.2) is 35.1 Å². The molecule has 5 nitrogen and oxygen atoms in total. The topological polar surface area (TPSA) is 67.9 Å². The molecule has 2 aromatic heterocycles. The lowest BCUT2D eigenvalue weighted by Crippen LogP contribution is -2.25. The van der Waals surface area contributed by atoms with E-state index >= 15 is 0 Å². The maximum Gasteiger partial charge on any atom is 0.175 e. The van der Waals surface area contributed by atoms with Crippen molar-refractivity contribution in [1.29, 1.82) is 0 Å². The third-order valence-electron chi connectivity index (χ3n) is 2.11. The van der Waals surface area contributed by atoms with Crippen LogP contribution in [0.5, 0.6) is 0 Å². The average molecular weight is 223 g/mol. The summed E-state index contributed by atoms with van der Waals surface area (Å²) in [5.74, 6) is 0.913. The standard InChI is InChI=1S/C9H13N5S/c1-6-13-8-7(15-6)9(12-5-11-8)14(2)4-3-10/h5H,3-4,10H2,1-2H3. The minimum atomic E-state index is 0.611. The molecule has 0 radical (unpaired) electrons. The van der Waals surface area contributed by atoms with Gasteiger partial charge in [-0.3, -0.25) is 0 Å². The van der Waals surface area contributed by atoms with Gasteiger partial charge in [0.25, 0.3) is 0 Å². The first-order valence-corrected chi connectivity index (χ1v) is 5.53. The van der Waals surface area contributed by atoms with Gasteiger partial charge < -0.3 is 10.6 Å². The number of thiazole rings is 1. The molecular weight excluding hydrogens is 210 g/mol. The Bertz CT molecular complexity index is 466. The molecule has 0 aliphatic rings. The third kappa shape index (κ3) is 1.91. The van der Waals surface area contributed by atoms with Crippen LogP contribution in [0.1, 0.15) is 5.01 Å². The minimum Gasteiger partial charge on any atom is -0.357 e. The number of aromatic nitrogens is 3. The van der Waals surface area contributed by atoms with Gasteiger partial charge in [-0.2, -0.15) is 0 Å². The molecule has 0 amide bonds. The van der Waals surface area contributed by atoms with Crippen molar-refractivity contribution in [2.45, 2.75) is 6.92 Å². The van der Waals surface area contributed by atoms with Crippen molar-refractivity contribution in [2.75, 3.05) is 25.0 Å². The number of hydrogen-bond donors (Lipinski definition) is 1. The van der Waals surface area contributed by atoms with Crippen molar-refractivity contribution in [1.82, 2.24) is 15.0 Å². The third-order valence-corrected chi connectivity index (χ3v) is 3.06. The van der Waals surface area contributed by atoms with Crippen LogP contribution >= 0.6 is 11.3 Å². The van der Waals surface area contributed by atoms with Gasteiger partial charge in [0, 0.05) is 20.1 Å². The Hall–Kier alpha value is -1.27. The summed E-state index contributed by atoms with van der Waals surface area (Å²) in [4.78, 5) is 14.8. The Morgan fingerprint density at radius 1 is 1.47 bits per heavy atom. The molecule has 0 aromatic carbocycles. The summed E-state index contributed by atoms with van der Waals surface area (Å²) in [5.41, 5.74) is 6.29. The predicted octanol–water partition coefficient (Wildman–Crippen LogP) is 0.790. The second-order valence-corrected chi connectivity index (χ2v) is 4.50. The van der Waals surface area contributed by atoms with Gasteiger partial charge >= 0.3 is 0 Å². The maximum atomic E-state index is 5.52. The molecule has 15 heavy (non-hydrogen) atoms. The lowest BCUT2D eigenvalue weighted by Gasteiger charge is -2.16. The number of hydrogen-bond acceptors (Lipinski definition) is 6. The van der Waals surface area contributed by atoms with E-state index in [-0.39, 0.29) is 0 Å². The van der Waals surface area contributed by atoms with Gasteiger partial charge in [-0.05, 0) is 6.92 Å². The Morgan fingerprint density at radius 3 is 3.00 bits per heavy atom. The lowest BCUT2D eigenvalue weighted by atomic mass is 10.4. The van der Waals surface area contributed by atoms with Crippen molar-refractivity contribution in [3.05, 3.63) is 11.3 Å². The fourth-order valence-corrected chi connectivity index (χ4v) is 2.33. The highest BCUT2D eigenvalue weighted by Crippen LogP contribution is 2.27. The van der Waals surface area contributed by atoms with E-state index in [1.54, 1.807) is 17.7 Å². The van der Waals surface area contributed by atoms with Gasteiger partial charge in [-0.25, -0.2) is 15.0 Å². The van der Waals surface area contributed by atoms with E-state index in [4.69, 9.17) is 5.73 Å². The summed E-state index contributed by atoms with van der Waals surface area (Å²) >= 11 is 1.61. The van der Waals surface area contributed by atoms with E-state index in [9.17, 15) is 0 Å². The molecule has 0 aliphatic heterocycles. The molecule has 2 aromatic rings. The SMILES string of the molecule is Cc1nc2ncnc(N(C)CCN)c2s1. The van der Waals surface area contributed by atoms with Gasteiger partial charge in [-0.1, -0.05) is 0 Å². The molecular formula is C9H13N5S. The van der Waals surface area contributed by atoms with Crippen LogP contribution in [0.15, 0.2) is 6.33 Å². The summed E-state index contributed by atoms with van der Waals surface area (Å²) in [6.07, 6.45) is 1.55. The summed E-state index contributed by atoms with van der Waals surface area (Å²) in [5, 5.41) is 1.01. The molecule has 6 heteroatoms. The van der Waals surface area contributed by atoms with E-state index < -0.39 is 0 Å². The molecule has 0 unspecified atom stereocenters. The molecule has 0 saturated carbocycles. The smallest absolute Gasteiger partial charge is 0.175 e. The van der Waals surface area contributed by atoms with E-state index in [0.29, 0.717) is 6.54 Å². The second kappa shape index (κ2) is 4.08. The Balaban J connectivity index is 2.50. The number of nitrogens with two attached hydrogens (primary N) is 1. The van der Waals surface area contributed by atoms with Crippen LogP contribution in [0.25, 0.3) is 10.3 Å². The van der Waals surface area contributed by atoms with E-state index in [1.165, 1.54) is 0 Å². The number of aryl methyl sites for hydroxylation is 1. The quantitative estimate of drug-likeness (QED) is 0.833. The average Bonchev–Trinajstić information content (AvgIpc) is 2.57. The Kier molecular flexibility index (Phi) is 2.79. The molecule has 0 saturated heterocycles. The Labute approximate surface area is 92.0 Å². The van der Waals surface area contributed by atoms with Crippen LogP contribution in [-0.2, 0) is 0 Å². The molecule has 80 valence electrons. The highest BCUT2D eigenvalue weighted by atomic mass is 32.1. The molecule has 0 atom stereocenters. The van der Waals surface area contributed by atoms with E-state index in [2.05, 4.69) is 15.0 Å². The van der Waals surface area contributed by atoms with E-state index in [0.717, 1.165) is 27.7 Å². The molecule has 0 spiro atoms. The fourth-order valence-electron chi connectivity index (χ4n) is 1.42. The monoisotopic (exact) mass is 223 g/mol. The van der Waals surface area contributed by atoms with Gasteiger partial charge in [0.2, 0.25) is 0 Å². The first kappa shape index (κ1) is 10.3. The highest BCUT2D eigenvalue weighted by Gasteiger charge is 2.11. The molecule has 2 heterocycles. The van der Waals surface area contributed by atoms with Gasteiger partial charge in [-0.15, -0.1) is 11.3 Å². The van der Waals surface area contributed by atoms with Crippen molar-refractivity contribution in [3.63, 3.8) is 0 Å². The zero-order valence-electron chi connectivity index (χ0n) is 8.77. The van der Waals surface area contributed by atoms with Crippen molar-refractivity contribution in [3.8, 4) is 0 Å². The summed E-state index contributed by atoms with van der Waals surface area (Å²) in [6, 6.07) is 0. The van der Waals surface area contributed by atoms with Crippen LogP contribution in [0.3, 0.4) is 0 Å². The van der Waals surface area contributed by atoms with Gasteiger partial charge in [0.15, 0.2) is 11.5 Å². The van der Waals surface area contributed by atoms with Crippen LogP contribution < -0.4 is 10.6 Å². The predicted molar refractivity (Wildman–Crippen MR) is 62.3 cm³/mol. The molecule has 0 fully saturated rings. The first-order chi connectivity index (χ1) is 7.22. The summed E-state index contributed by atoms with van der Waals surface area (Å²) in [7, 11) is 1.98. The Morgan fingerprint density at radius 2 is 2.27 bits per heavy atom. The van der Waals surface area contributed by atoms with Crippen molar-refractivity contribution >= 4 is 27.5 Å². The van der Waals surface area contributed by atoms with Crippen LogP contribution in [0, 0.1) is 6.92 Å². The van der Waals surface area contributed by atoms with E-state index in [1.807, 2.05) is 18.9 Å². The number of nitrogens with zero attached hydrogens (tertiary/aromatic N) is 4.